The molecule has 2 amide bonds. The maximum atomic E-state index is 13.6. The van der Waals surface area contributed by atoms with Crippen LogP contribution in [-0.2, 0) is 45.7 Å². The van der Waals surface area contributed by atoms with Crippen molar-refractivity contribution in [2.75, 3.05) is 51.0 Å². The molecule has 2 aliphatic carbocycles. The van der Waals surface area contributed by atoms with Crippen LogP contribution in [0.4, 0.5) is 5.69 Å². The van der Waals surface area contributed by atoms with E-state index in [0.717, 1.165) is 38.5 Å². The van der Waals surface area contributed by atoms with E-state index in [0.29, 0.717) is 49.4 Å². The van der Waals surface area contributed by atoms with Crippen molar-refractivity contribution in [3.8, 4) is 5.75 Å². The molecular formula is C37H46ClN3O8S. The average Bonchev–Trinajstić information content (AvgIpc) is 3.52. The molecule has 2 aromatic rings. The van der Waals surface area contributed by atoms with Crippen molar-refractivity contribution < 1.29 is 37.0 Å². The zero-order valence-electron chi connectivity index (χ0n) is 28.6. The summed E-state index contributed by atoms with van der Waals surface area (Å²) in [6.45, 7) is 5.84. The van der Waals surface area contributed by atoms with Crippen LogP contribution in [0.1, 0.15) is 57.1 Å². The van der Waals surface area contributed by atoms with E-state index in [4.69, 9.17) is 30.5 Å². The number of fused-ring (bicyclic) bond motifs is 4. The molecule has 270 valence electrons. The van der Waals surface area contributed by atoms with Gasteiger partial charge in [-0.3, -0.25) is 9.59 Å². The van der Waals surface area contributed by atoms with Gasteiger partial charge in [-0.1, -0.05) is 29.8 Å². The monoisotopic (exact) mass is 727 g/mol. The van der Waals surface area contributed by atoms with Gasteiger partial charge in [0.15, 0.2) is 0 Å². The number of anilines is 1. The lowest BCUT2D eigenvalue weighted by Gasteiger charge is -2.46. The van der Waals surface area contributed by atoms with E-state index in [1.165, 1.54) is 31.0 Å². The molecule has 2 aromatic carbocycles. The fraction of sp³-hybridized carbons (Fsp3) is 0.568. The van der Waals surface area contributed by atoms with E-state index < -0.39 is 21.5 Å². The van der Waals surface area contributed by atoms with Gasteiger partial charge in [0.05, 0.1) is 42.5 Å². The normalized spacial score (nSPS) is 30.9. The minimum atomic E-state index is -4.23. The highest BCUT2D eigenvalue weighted by Crippen LogP contribution is 2.47. The smallest absolute Gasteiger partial charge is 0.265 e. The summed E-state index contributed by atoms with van der Waals surface area (Å²) < 4.78 is 53.7. The van der Waals surface area contributed by atoms with Crippen LogP contribution in [0.5, 0.6) is 5.75 Å². The van der Waals surface area contributed by atoms with Crippen LogP contribution >= 0.6 is 11.6 Å². The number of benzene rings is 2. The highest BCUT2D eigenvalue weighted by Gasteiger charge is 2.45. The number of carbonyl (C=O) groups excluding carboxylic acids is 2. The van der Waals surface area contributed by atoms with Gasteiger partial charge in [-0.25, -0.2) is 13.1 Å². The number of amides is 2. The lowest BCUT2D eigenvalue weighted by atomic mass is 9.68. The van der Waals surface area contributed by atoms with Crippen molar-refractivity contribution in [3.05, 3.63) is 64.7 Å². The number of nitrogens with zero attached hydrogens (tertiary/aromatic N) is 1. The quantitative estimate of drug-likeness (QED) is 0.443. The Morgan fingerprint density at radius 3 is 2.80 bits per heavy atom. The second kappa shape index (κ2) is 14.1. The zero-order valence-corrected chi connectivity index (χ0v) is 30.2. The summed E-state index contributed by atoms with van der Waals surface area (Å²) in [5.74, 6) is -0.0779. The predicted octanol–water partition coefficient (Wildman–Crippen LogP) is 4.30. The van der Waals surface area contributed by atoms with Gasteiger partial charge in [-0.15, -0.1) is 0 Å². The Balaban J connectivity index is 1.24. The standard InChI is InChI=1S/C37H46ClN3O8S/c1-36(2)35(43)40-50(44,45)28-9-12-33-31(18-28)41(22-37(23-48-33)14-3-5-24-17-26(38)8-11-30(24)37)19-25-7-10-29(25)32(6-4-15-49-36)47-21-34(42)39-27-13-16-46-20-27/h4,6,8-9,11-12,17-18,25,27,29,32H,3,5,7,10,13-16,19-23H2,1-2H3,(H,39,42)(H,40,43)/b6-4+/t25-,27+,29+,32-,37-/m0/s1. The number of sulfonamides is 1. The fourth-order valence-electron chi connectivity index (χ4n) is 8.03. The first-order valence-corrected chi connectivity index (χ1v) is 19.5. The van der Waals surface area contributed by atoms with Crippen LogP contribution in [0, 0.1) is 11.8 Å². The van der Waals surface area contributed by atoms with Crippen molar-refractivity contribution in [2.24, 2.45) is 11.8 Å². The maximum Gasteiger partial charge on any atom is 0.265 e. The predicted molar refractivity (Wildman–Crippen MR) is 188 cm³/mol. The number of rotatable bonds is 4. The van der Waals surface area contributed by atoms with Gasteiger partial charge in [0.25, 0.3) is 15.9 Å². The van der Waals surface area contributed by atoms with Crippen LogP contribution in [0.25, 0.3) is 0 Å². The van der Waals surface area contributed by atoms with Crippen molar-refractivity contribution >= 4 is 39.1 Å². The largest absolute Gasteiger partial charge is 0.490 e. The zero-order chi connectivity index (χ0) is 35.1. The first-order valence-electron chi connectivity index (χ1n) is 17.6. The Morgan fingerprint density at radius 2 is 2.02 bits per heavy atom. The summed E-state index contributed by atoms with van der Waals surface area (Å²) in [5, 5.41) is 3.71. The average molecular weight is 728 g/mol. The third-order valence-electron chi connectivity index (χ3n) is 11.0. The van der Waals surface area contributed by atoms with E-state index in [1.807, 2.05) is 12.1 Å². The molecule has 0 unspecified atom stereocenters. The molecule has 5 atom stereocenters. The summed E-state index contributed by atoms with van der Waals surface area (Å²) >= 11 is 6.44. The third-order valence-corrected chi connectivity index (χ3v) is 12.6. The van der Waals surface area contributed by atoms with Gasteiger partial charge in [-0.05, 0) is 106 Å². The summed E-state index contributed by atoms with van der Waals surface area (Å²) in [6, 6.07) is 10.9. The second-order valence-corrected chi connectivity index (χ2v) is 16.9. The molecule has 1 spiro atoms. The first kappa shape index (κ1) is 35.3. The lowest BCUT2D eigenvalue weighted by Crippen LogP contribution is -2.50. The topological polar surface area (TPSA) is 132 Å². The second-order valence-electron chi connectivity index (χ2n) is 14.8. The lowest BCUT2D eigenvalue weighted by molar-refractivity contribution is -0.139. The van der Waals surface area contributed by atoms with E-state index in [1.54, 1.807) is 18.2 Å². The molecule has 1 saturated carbocycles. The first-order chi connectivity index (χ1) is 23.9. The van der Waals surface area contributed by atoms with E-state index in [9.17, 15) is 18.0 Å². The number of aryl methyl sites for hydroxylation is 1. The Morgan fingerprint density at radius 1 is 1.16 bits per heavy atom. The van der Waals surface area contributed by atoms with Crippen LogP contribution in [0.3, 0.4) is 0 Å². The molecule has 0 radical (unpaired) electrons. The summed E-state index contributed by atoms with van der Waals surface area (Å²) in [5.41, 5.74) is 1.30. The van der Waals surface area contributed by atoms with Crippen molar-refractivity contribution in [2.45, 2.75) is 80.4 Å². The third kappa shape index (κ3) is 7.27. The molecule has 2 N–H and O–H groups in total. The molecular weight excluding hydrogens is 682 g/mol. The molecule has 2 fully saturated rings. The number of halogens is 1. The number of hydrogen-bond donors (Lipinski definition) is 2. The number of carbonyl (C=O) groups is 2. The van der Waals surface area contributed by atoms with Crippen molar-refractivity contribution in [1.82, 2.24) is 10.0 Å². The van der Waals surface area contributed by atoms with Crippen LogP contribution in [0.2, 0.25) is 5.02 Å². The molecule has 50 heavy (non-hydrogen) atoms. The maximum absolute atomic E-state index is 13.6. The number of nitrogens with one attached hydrogen (secondary N) is 2. The summed E-state index contributed by atoms with van der Waals surface area (Å²) in [7, 11) is -4.23. The van der Waals surface area contributed by atoms with Crippen LogP contribution < -0.4 is 19.7 Å². The fourth-order valence-corrected chi connectivity index (χ4v) is 9.34. The van der Waals surface area contributed by atoms with Gasteiger partial charge >= 0.3 is 0 Å². The summed E-state index contributed by atoms with van der Waals surface area (Å²) in [6.07, 6.45) is 8.80. The molecule has 2 bridgehead atoms. The number of hydrogen-bond acceptors (Lipinski definition) is 9. The molecule has 5 aliphatic rings. The minimum Gasteiger partial charge on any atom is -0.490 e. The van der Waals surface area contributed by atoms with E-state index >= 15 is 0 Å². The molecule has 0 aromatic heterocycles. The van der Waals surface area contributed by atoms with Crippen LogP contribution in [0.15, 0.2) is 53.4 Å². The van der Waals surface area contributed by atoms with Crippen LogP contribution in [-0.4, -0.2) is 84.1 Å². The molecule has 7 rings (SSSR count). The minimum absolute atomic E-state index is 0.0100. The highest BCUT2D eigenvalue weighted by atomic mass is 35.5. The van der Waals surface area contributed by atoms with Gasteiger partial charge < -0.3 is 29.2 Å². The van der Waals surface area contributed by atoms with Crippen molar-refractivity contribution in [1.29, 1.82) is 0 Å². The van der Waals surface area contributed by atoms with Gasteiger partial charge in [0.1, 0.15) is 18.0 Å². The molecule has 3 aliphatic heterocycles. The van der Waals surface area contributed by atoms with Crippen molar-refractivity contribution in [3.63, 3.8) is 0 Å². The molecule has 3 heterocycles. The Kier molecular flexibility index (Phi) is 9.94. The van der Waals surface area contributed by atoms with Gasteiger partial charge in [0, 0.05) is 30.1 Å². The summed E-state index contributed by atoms with van der Waals surface area (Å²) in [4.78, 5) is 28.4. The molecule has 1 saturated heterocycles. The SMILES string of the molecule is CC1(C)OC/C=C/[C@H](OCC(=O)N[C@@H]2CCOC2)[C@@H]2CC[C@H]2CN2C[C@@]3(CCCc4cc(Cl)ccc43)COc3ccc(cc32)S(=O)(=O)NC1=O. The van der Waals surface area contributed by atoms with E-state index in [2.05, 4.69) is 27.1 Å². The van der Waals surface area contributed by atoms with Gasteiger partial charge in [0.2, 0.25) is 5.91 Å². The highest BCUT2D eigenvalue weighted by molar-refractivity contribution is 7.90. The number of ether oxygens (including phenoxy) is 4. The Labute approximate surface area is 299 Å². The van der Waals surface area contributed by atoms with E-state index in [-0.39, 0.29) is 53.4 Å². The molecule has 13 heteroatoms. The Bertz CT molecular complexity index is 1760. The van der Waals surface area contributed by atoms with Gasteiger partial charge in [-0.2, -0.15) is 0 Å². The molecule has 11 nitrogen and oxygen atoms in total. The Hall–Kier alpha value is -3.16.